The summed E-state index contributed by atoms with van der Waals surface area (Å²) in [6.45, 7) is 19.8. The molecule has 4 aromatic rings. The van der Waals surface area contributed by atoms with Crippen LogP contribution in [0.5, 0.6) is 0 Å². The molecule has 277 valence electrons. The number of ether oxygens (including phenoxy) is 1. The Morgan fingerprint density at radius 1 is 0.846 bits per heavy atom. The van der Waals surface area contributed by atoms with E-state index in [0.717, 1.165) is 34.3 Å². The average molecular weight is 741 g/mol. The van der Waals surface area contributed by atoms with Crippen molar-refractivity contribution in [3.05, 3.63) is 119 Å². The highest BCUT2D eigenvalue weighted by molar-refractivity contribution is 6.80. The van der Waals surface area contributed by atoms with Gasteiger partial charge in [0.1, 0.15) is 5.82 Å². The van der Waals surface area contributed by atoms with E-state index in [9.17, 15) is 9.59 Å². The lowest BCUT2D eigenvalue weighted by molar-refractivity contribution is -0.0256. The Balaban J connectivity index is 1.83. The number of pyridine rings is 1. The molecular weight excluding hydrogens is 686 g/mol. The molecule has 0 spiro atoms. The summed E-state index contributed by atoms with van der Waals surface area (Å²) < 4.78 is 12.3. The van der Waals surface area contributed by atoms with Gasteiger partial charge in [-0.05, 0) is 76.2 Å². The lowest BCUT2D eigenvalue weighted by Gasteiger charge is -2.50. The van der Waals surface area contributed by atoms with Crippen molar-refractivity contribution < 1.29 is 18.8 Å². The van der Waals surface area contributed by atoms with Crippen molar-refractivity contribution in [2.24, 2.45) is 22.7 Å². The molecule has 1 heterocycles. The molecule has 0 bridgehead atoms. The minimum atomic E-state index is -1.73. The van der Waals surface area contributed by atoms with Gasteiger partial charge in [-0.1, -0.05) is 140 Å². The first-order valence-corrected chi connectivity index (χ1v) is 19.8. The van der Waals surface area contributed by atoms with Gasteiger partial charge in [-0.2, -0.15) is 0 Å². The van der Waals surface area contributed by atoms with Crippen LogP contribution in [-0.2, 0) is 21.1 Å². The first-order chi connectivity index (χ1) is 24.4. The van der Waals surface area contributed by atoms with Gasteiger partial charge in [-0.25, -0.2) is 14.6 Å². The average Bonchev–Trinajstić information content (AvgIpc) is 3.09. The summed E-state index contributed by atoms with van der Waals surface area (Å²) in [5.74, 6) is -0.372. The third kappa shape index (κ3) is 10.6. The molecule has 2 unspecified atom stereocenters. The zero-order valence-electron chi connectivity index (χ0n) is 32.3. The Hall–Kier alpha value is -3.98. The first-order valence-electron chi connectivity index (χ1n) is 18.0. The van der Waals surface area contributed by atoms with Gasteiger partial charge < -0.3 is 14.5 Å². The highest BCUT2D eigenvalue weighted by Gasteiger charge is 2.49. The fourth-order valence-corrected chi connectivity index (χ4v) is 9.36. The van der Waals surface area contributed by atoms with Crippen LogP contribution in [-0.4, -0.2) is 39.2 Å². The van der Waals surface area contributed by atoms with Crippen LogP contribution in [0.1, 0.15) is 90.2 Å². The number of urea groups is 1. The Morgan fingerprint density at radius 3 is 1.90 bits per heavy atom. The summed E-state index contributed by atoms with van der Waals surface area (Å²) in [6, 6.07) is 29.8. The van der Waals surface area contributed by atoms with E-state index in [2.05, 4.69) is 139 Å². The van der Waals surface area contributed by atoms with Crippen molar-refractivity contribution in [3.63, 3.8) is 0 Å². The van der Waals surface area contributed by atoms with Gasteiger partial charge >= 0.3 is 12.0 Å². The highest BCUT2D eigenvalue weighted by atomic mass is 35.5. The largest absolute Gasteiger partial charge is 0.465 e. The van der Waals surface area contributed by atoms with Crippen LogP contribution in [0.25, 0.3) is 0 Å². The van der Waals surface area contributed by atoms with Crippen molar-refractivity contribution in [1.29, 1.82) is 0 Å². The van der Waals surface area contributed by atoms with E-state index < -0.39 is 26.6 Å². The van der Waals surface area contributed by atoms with Crippen molar-refractivity contribution in [2.75, 3.05) is 12.4 Å². The minimum Gasteiger partial charge on any atom is -0.465 e. The second-order valence-corrected chi connectivity index (χ2v) is 18.8. The van der Waals surface area contributed by atoms with E-state index in [1.54, 1.807) is 12.1 Å². The predicted molar refractivity (Wildman–Crippen MR) is 215 cm³/mol. The quantitative estimate of drug-likeness (QED) is 0.106. The molecule has 7 nitrogen and oxygen atoms in total. The zero-order valence-corrected chi connectivity index (χ0v) is 34.1. The first kappa shape index (κ1) is 40.8. The van der Waals surface area contributed by atoms with Crippen LogP contribution in [0.15, 0.2) is 97.2 Å². The number of aryl methyl sites for hydroxylation is 1. The zero-order chi connectivity index (χ0) is 38.3. The Kier molecular flexibility index (Phi) is 13.5. The van der Waals surface area contributed by atoms with E-state index in [4.69, 9.17) is 20.8 Å². The molecule has 3 atom stereocenters. The number of halogens is 1. The molecule has 3 aromatic carbocycles. The second-order valence-electron chi connectivity index (χ2n) is 16.3. The predicted octanol–water partition coefficient (Wildman–Crippen LogP) is 9.05. The highest BCUT2D eigenvalue weighted by Crippen LogP contribution is 2.45. The number of hydrogen-bond acceptors (Lipinski definition) is 5. The summed E-state index contributed by atoms with van der Waals surface area (Å²) in [5, 5.41) is 9.25. The van der Waals surface area contributed by atoms with E-state index in [1.807, 2.05) is 18.2 Å². The molecule has 0 aliphatic rings. The maximum Gasteiger partial charge on any atom is 0.339 e. The number of benzene rings is 3. The molecule has 4 rings (SSSR count). The number of carbonyl (C=O) groups is 2. The smallest absolute Gasteiger partial charge is 0.339 e. The topological polar surface area (TPSA) is 89.5 Å². The number of nitrogens with zero attached hydrogens (tertiary/aromatic N) is 1. The van der Waals surface area contributed by atoms with Crippen LogP contribution in [0.2, 0.25) is 5.02 Å². The summed E-state index contributed by atoms with van der Waals surface area (Å²) in [6.07, 6.45) is 2.91. The maximum atomic E-state index is 14.1. The molecular formula is C43H55ClN3O4Si. The third-order valence-corrected chi connectivity index (χ3v) is 12.0. The lowest BCUT2D eigenvalue weighted by Crippen LogP contribution is -2.60. The Bertz CT molecular complexity index is 1730. The second kappa shape index (κ2) is 17.2. The Labute approximate surface area is 317 Å². The van der Waals surface area contributed by atoms with E-state index in [-0.39, 0.29) is 28.8 Å². The fourth-order valence-electron chi connectivity index (χ4n) is 6.74. The summed E-state index contributed by atoms with van der Waals surface area (Å²) in [7, 11) is -0.412. The molecule has 0 aliphatic carbocycles. The normalized spacial score (nSPS) is 14.4. The molecule has 52 heavy (non-hydrogen) atoms. The van der Waals surface area contributed by atoms with E-state index >= 15 is 0 Å². The number of aromatic nitrogens is 1. The fraction of sp³-hybridized carbons (Fsp3) is 0.419. The van der Waals surface area contributed by atoms with Crippen molar-refractivity contribution in [3.8, 4) is 0 Å². The summed E-state index contributed by atoms with van der Waals surface area (Å²) in [5.41, 5.74) is 1.11. The number of rotatable bonds is 13. The third-order valence-electron chi connectivity index (χ3n) is 9.48. The number of hydrogen-bond donors (Lipinski definition) is 2. The van der Waals surface area contributed by atoms with Crippen LogP contribution >= 0.6 is 11.6 Å². The molecule has 1 aromatic heterocycles. The monoisotopic (exact) mass is 740 g/mol. The molecule has 2 N–H and O–H groups in total. The minimum absolute atomic E-state index is 0.0566. The number of anilines is 1. The molecule has 1 radical (unpaired) electrons. The number of esters is 1. The van der Waals surface area contributed by atoms with Gasteiger partial charge in [0.05, 0.1) is 24.3 Å². The molecule has 0 fully saturated rings. The molecule has 0 saturated heterocycles. The SMILES string of the molecule is COC(=O)c1ccc(NC(=O)NC(C)(c2ccc(CCC(C)(C)C)c(Cl)c2)[C@@H](C(C)C)C(O[Si](c2ccccc2)c2ccccc2)C(C)(C)C)nc1. The molecule has 2 amide bonds. The summed E-state index contributed by atoms with van der Waals surface area (Å²) >= 11 is 7.08. The number of nitrogens with one attached hydrogen (secondary N) is 2. The van der Waals surface area contributed by atoms with Crippen molar-refractivity contribution >= 4 is 48.8 Å². The van der Waals surface area contributed by atoms with Gasteiger partial charge in [-0.15, -0.1) is 0 Å². The van der Waals surface area contributed by atoms with Gasteiger partial charge in [0.2, 0.25) is 0 Å². The maximum absolute atomic E-state index is 14.1. The number of amides is 2. The summed E-state index contributed by atoms with van der Waals surface area (Å²) in [4.78, 5) is 30.4. The Morgan fingerprint density at radius 2 is 1.44 bits per heavy atom. The van der Waals surface area contributed by atoms with Crippen molar-refractivity contribution in [2.45, 2.75) is 86.8 Å². The number of carbonyl (C=O) groups excluding carboxylic acids is 2. The van der Waals surface area contributed by atoms with Crippen LogP contribution in [0, 0.1) is 22.7 Å². The van der Waals surface area contributed by atoms with Crippen LogP contribution in [0.3, 0.4) is 0 Å². The number of methoxy groups -OCH3 is 1. The lowest BCUT2D eigenvalue weighted by atomic mass is 9.65. The van der Waals surface area contributed by atoms with E-state index in [0.29, 0.717) is 16.4 Å². The van der Waals surface area contributed by atoms with E-state index in [1.165, 1.54) is 13.3 Å². The molecule has 0 aliphatic heterocycles. The van der Waals surface area contributed by atoms with Crippen LogP contribution in [0.4, 0.5) is 10.6 Å². The van der Waals surface area contributed by atoms with Gasteiger partial charge in [0.15, 0.2) is 0 Å². The van der Waals surface area contributed by atoms with Gasteiger partial charge in [-0.3, -0.25) is 5.32 Å². The van der Waals surface area contributed by atoms with Gasteiger partial charge in [0, 0.05) is 17.1 Å². The molecule has 0 saturated carbocycles. The molecule has 9 heteroatoms. The standard InChI is InChI=1S/C43H55ClN3O4Si/c1-29(2)37(38(42(6,7)8)51-52(33-17-13-11-14-18-33)34-19-15-12-16-20-34)43(9,32-23-21-30(35(44)27-32)25-26-41(3,4)5)47-40(49)46-36-24-22-31(28-45-36)39(48)50-10/h11-24,27-29,37-38H,25-26H2,1-10H3,(H2,45,46,47,49)/t37-,38?,43?/m0/s1. The van der Waals surface area contributed by atoms with Crippen molar-refractivity contribution in [1.82, 2.24) is 10.3 Å². The van der Waals surface area contributed by atoms with Gasteiger partial charge in [0.25, 0.3) is 9.04 Å². The van der Waals surface area contributed by atoms with Crippen LogP contribution < -0.4 is 21.0 Å².